The van der Waals surface area contributed by atoms with Gasteiger partial charge in [-0.25, -0.2) is 0 Å². The molecule has 0 unspecified atom stereocenters. The van der Waals surface area contributed by atoms with Gasteiger partial charge in [0, 0.05) is 37.2 Å². The molecule has 6 rings (SSSR count). The van der Waals surface area contributed by atoms with Crippen LogP contribution in [0.25, 0.3) is 58.5 Å². The van der Waals surface area contributed by atoms with Gasteiger partial charge in [0.15, 0.2) is 0 Å². The third kappa shape index (κ3) is 6.57. The van der Waals surface area contributed by atoms with Crippen molar-refractivity contribution in [2.24, 2.45) is 0 Å². The molecule has 6 aromatic rings. The highest BCUT2D eigenvalue weighted by Crippen LogP contribution is 2.22. The monoisotopic (exact) mass is 544 g/mol. The average molecular weight is 545 g/mol. The Morgan fingerprint density at radius 2 is 0.571 bits per heavy atom. The molecule has 6 nitrogen and oxygen atoms in total. The van der Waals surface area contributed by atoms with Crippen LogP contribution in [-0.4, -0.2) is 29.9 Å². The Morgan fingerprint density at radius 3 is 0.833 bits per heavy atom. The van der Waals surface area contributed by atoms with Crippen LogP contribution in [-0.2, 0) is 0 Å². The van der Waals surface area contributed by atoms with Crippen molar-refractivity contribution in [1.82, 2.24) is 29.9 Å². The summed E-state index contributed by atoms with van der Waals surface area (Å²) >= 11 is 0. The second-order valence-corrected chi connectivity index (χ2v) is 10.0. The molecule has 0 amide bonds. The Bertz CT molecular complexity index is 1780. The van der Waals surface area contributed by atoms with Gasteiger partial charge in [-0.2, -0.15) is 0 Å². The van der Waals surface area contributed by atoms with Gasteiger partial charge in [-0.05, 0) is 120 Å². The molecule has 6 heteroatoms. The molecule has 202 valence electrons. The van der Waals surface area contributed by atoms with Crippen LogP contribution in [0.3, 0.4) is 0 Å². The van der Waals surface area contributed by atoms with E-state index in [1.165, 1.54) is 0 Å². The molecule has 0 fully saturated rings. The number of hydrogen-bond donors (Lipinski definition) is 0. The minimum absolute atomic E-state index is 0.809. The minimum Gasteiger partial charge on any atom is -0.255 e. The number of rotatable bonds is 7. The van der Waals surface area contributed by atoms with Crippen LogP contribution in [0.4, 0.5) is 0 Å². The minimum atomic E-state index is 0.809. The summed E-state index contributed by atoms with van der Waals surface area (Å²) in [7, 11) is 0. The number of aryl methyl sites for hydroxylation is 2. The summed E-state index contributed by atoms with van der Waals surface area (Å²) in [5, 5.41) is 0. The third-order valence-corrected chi connectivity index (χ3v) is 6.69. The summed E-state index contributed by atoms with van der Waals surface area (Å²) in [4.78, 5) is 27.1. The first-order chi connectivity index (χ1) is 20.6. The van der Waals surface area contributed by atoms with E-state index >= 15 is 0 Å². The lowest BCUT2D eigenvalue weighted by Crippen LogP contribution is -1.90. The van der Waals surface area contributed by atoms with Crippen molar-refractivity contribution in [3.8, 4) is 34.2 Å². The van der Waals surface area contributed by atoms with E-state index < -0.39 is 0 Å². The fourth-order valence-corrected chi connectivity index (χ4v) is 4.50. The Kier molecular flexibility index (Phi) is 7.77. The van der Waals surface area contributed by atoms with E-state index in [1.54, 1.807) is 0 Å². The molecule has 0 spiro atoms. The van der Waals surface area contributed by atoms with Crippen molar-refractivity contribution < 1.29 is 0 Å². The highest BCUT2D eigenvalue weighted by Gasteiger charge is 2.05. The first-order valence-corrected chi connectivity index (χ1v) is 13.7. The Labute approximate surface area is 245 Å². The molecule has 0 N–H and O–H groups in total. The molecule has 0 atom stereocenters. The van der Waals surface area contributed by atoms with Crippen molar-refractivity contribution in [3.05, 3.63) is 143 Å². The van der Waals surface area contributed by atoms with E-state index in [-0.39, 0.29) is 0 Å². The number of nitrogens with zero attached hydrogens (tertiary/aromatic N) is 6. The van der Waals surface area contributed by atoms with Crippen LogP contribution in [0.1, 0.15) is 33.4 Å². The van der Waals surface area contributed by atoms with Crippen LogP contribution in [0.2, 0.25) is 0 Å². The van der Waals surface area contributed by atoms with Crippen LogP contribution < -0.4 is 0 Å². The topological polar surface area (TPSA) is 77.3 Å². The van der Waals surface area contributed by atoms with E-state index in [0.29, 0.717) is 0 Å². The molecule has 0 saturated carbocycles. The van der Waals surface area contributed by atoms with Gasteiger partial charge in [0.25, 0.3) is 0 Å². The van der Waals surface area contributed by atoms with E-state index in [9.17, 15) is 0 Å². The second-order valence-electron chi connectivity index (χ2n) is 10.0. The number of hydrogen-bond acceptors (Lipinski definition) is 6. The lowest BCUT2D eigenvalue weighted by molar-refractivity contribution is 1.23. The average Bonchev–Trinajstić information content (AvgIpc) is 3.03. The first kappa shape index (κ1) is 26.6. The van der Waals surface area contributed by atoms with Gasteiger partial charge in [0.1, 0.15) is 0 Å². The fourth-order valence-electron chi connectivity index (χ4n) is 4.50. The second kappa shape index (κ2) is 12.3. The van der Waals surface area contributed by atoms with Crippen molar-refractivity contribution in [1.29, 1.82) is 0 Å². The van der Waals surface area contributed by atoms with Gasteiger partial charge < -0.3 is 0 Å². The summed E-state index contributed by atoms with van der Waals surface area (Å²) in [6.07, 6.45) is 19.2. The summed E-state index contributed by atoms with van der Waals surface area (Å²) in [5.74, 6) is 0. The molecule has 0 bridgehead atoms. The zero-order valence-corrected chi connectivity index (χ0v) is 23.4. The molecule has 6 heterocycles. The van der Waals surface area contributed by atoms with Crippen LogP contribution in [0, 0.1) is 13.8 Å². The van der Waals surface area contributed by atoms with Gasteiger partial charge in [0.05, 0.1) is 34.2 Å². The van der Waals surface area contributed by atoms with Gasteiger partial charge in [-0.1, -0.05) is 24.3 Å². The van der Waals surface area contributed by atoms with Crippen molar-refractivity contribution >= 4 is 24.3 Å². The van der Waals surface area contributed by atoms with Gasteiger partial charge >= 0.3 is 0 Å². The Balaban J connectivity index is 1.19. The number of aromatic nitrogens is 6. The molecule has 0 aliphatic rings. The predicted octanol–water partition coefficient (Wildman–Crippen LogP) is 8.02. The van der Waals surface area contributed by atoms with E-state index in [2.05, 4.69) is 68.1 Å². The van der Waals surface area contributed by atoms with E-state index in [4.69, 9.17) is 0 Å². The summed E-state index contributed by atoms with van der Waals surface area (Å²) in [5.41, 5.74) is 11.5. The molecular formula is C36H28N6. The third-order valence-electron chi connectivity index (χ3n) is 6.69. The first-order valence-electron chi connectivity index (χ1n) is 13.7. The molecular weight excluding hydrogens is 516 g/mol. The van der Waals surface area contributed by atoms with Crippen molar-refractivity contribution in [3.63, 3.8) is 0 Å². The summed E-state index contributed by atoms with van der Waals surface area (Å²) < 4.78 is 0. The van der Waals surface area contributed by atoms with E-state index in [0.717, 1.165) is 67.5 Å². The standard InChI is InChI=1S/C36H28N6/c1-25-7-13-37-31(19-25)33-21-27(9-15-39-33)3-5-29-11-17-41-35(23-29)36-24-30(12-18-42-36)6-4-28-10-16-40-34(22-28)32-20-26(2)8-14-38-32/h3-24H,1-2H3/b5-3+,6-4+. The molecule has 42 heavy (non-hydrogen) atoms. The maximum atomic E-state index is 4.58. The van der Waals surface area contributed by atoms with Crippen LogP contribution in [0.5, 0.6) is 0 Å². The lowest BCUT2D eigenvalue weighted by Gasteiger charge is -2.04. The smallest absolute Gasteiger partial charge is 0.0892 e. The number of pyridine rings is 6. The highest BCUT2D eigenvalue weighted by molar-refractivity contribution is 5.75. The molecule has 0 radical (unpaired) electrons. The quantitative estimate of drug-likeness (QED) is 0.203. The molecule has 0 saturated heterocycles. The Hall–Kier alpha value is -5.62. The van der Waals surface area contributed by atoms with Crippen LogP contribution in [0.15, 0.2) is 110 Å². The van der Waals surface area contributed by atoms with Gasteiger partial charge in [0.2, 0.25) is 0 Å². The maximum Gasteiger partial charge on any atom is 0.0892 e. The predicted molar refractivity (Wildman–Crippen MR) is 170 cm³/mol. The normalized spacial score (nSPS) is 11.4. The molecule has 6 aromatic heterocycles. The highest BCUT2D eigenvalue weighted by atomic mass is 14.8. The summed E-state index contributed by atoms with van der Waals surface area (Å²) in [6.45, 7) is 4.11. The maximum absolute atomic E-state index is 4.58. The molecule has 0 aliphatic heterocycles. The zero-order chi connectivity index (χ0) is 28.7. The SMILES string of the molecule is Cc1ccnc(-c2cc(/C=C/c3ccnc(-c4cc(/C=C/c5ccnc(-c6cc(C)ccn6)c5)ccn4)c3)ccn2)c1. The summed E-state index contributed by atoms with van der Waals surface area (Å²) in [6, 6.07) is 24.2. The largest absolute Gasteiger partial charge is 0.255 e. The van der Waals surface area contributed by atoms with Gasteiger partial charge in [-0.15, -0.1) is 0 Å². The van der Waals surface area contributed by atoms with Crippen molar-refractivity contribution in [2.45, 2.75) is 13.8 Å². The molecule has 0 aliphatic carbocycles. The van der Waals surface area contributed by atoms with E-state index in [1.807, 2.05) is 110 Å². The van der Waals surface area contributed by atoms with Crippen molar-refractivity contribution in [2.75, 3.05) is 0 Å². The molecule has 0 aromatic carbocycles. The zero-order valence-electron chi connectivity index (χ0n) is 23.4. The Morgan fingerprint density at radius 1 is 0.333 bits per heavy atom. The fraction of sp³-hybridized carbons (Fsp3) is 0.0556. The van der Waals surface area contributed by atoms with Crippen LogP contribution >= 0.6 is 0 Å². The lowest BCUT2D eigenvalue weighted by atomic mass is 10.1. The van der Waals surface area contributed by atoms with Gasteiger partial charge in [-0.3, -0.25) is 29.9 Å².